The zero-order valence-electron chi connectivity index (χ0n) is 18.6. The average molecular weight is 490 g/mol. The molecule has 0 aliphatic heterocycles. The summed E-state index contributed by atoms with van der Waals surface area (Å²) in [5, 5.41) is 1.87. The van der Waals surface area contributed by atoms with E-state index in [4.69, 9.17) is 14.2 Å². The molecular weight excluding hydrogens is 468 g/mol. The minimum absolute atomic E-state index is 0.237. The van der Waals surface area contributed by atoms with Crippen molar-refractivity contribution in [2.75, 3.05) is 28.4 Å². The van der Waals surface area contributed by atoms with Crippen LogP contribution >= 0.6 is 0 Å². The number of alkyl halides is 2. The van der Waals surface area contributed by atoms with Gasteiger partial charge in [0, 0.05) is 32.0 Å². The molecule has 2 aromatic rings. The smallest absolute Gasteiger partial charge is 0.358 e. The van der Waals surface area contributed by atoms with Crippen LogP contribution in [0, 0.1) is 11.6 Å². The van der Waals surface area contributed by atoms with Crippen LogP contribution < -0.4 is 15.5 Å². The molecule has 0 spiro atoms. The summed E-state index contributed by atoms with van der Waals surface area (Å²) < 4.78 is 75.5. The standard InChI is InChI=1S/C21H22F4N2O7/c1-31-14(32-2)9-27-8-12(17(28)18(33-3)16(27)21(30)34-4)20(29)26-15(19(24)25)11-6-5-10(22)7-13(11)23/h5-8,14-15,19H,9H2,1-4H3,(H,26,29)/t15-/m0/s1. The van der Waals surface area contributed by atoms with Crippen molar-refractivity contribution in [3.05, 3.63) is 63.1 Å². The first kappa shape index (κ1) is 26.8. The monoisotopic (exact) mass is 490 g/mol. The first-order valence-corrected chi connectivity index (χ1v) is 9.58. The minimum Gasteiger partial charge on any atom is -0.491 e. The normalized spacial score (nSPS) is 12.1. The van der Waals surface area contributed by atoms with E-state index in [1.54, 1.807) is 0 Å². The summed E-state index contributed by atoms with van der Waals surface area (Å²) >= 11 is 0. The average Bonchev–Trinajstić information content (AvgIpc) is 2.80. The molecule has 0 saturated heterocycles. The lowest BCUT2D eigenvalue weighted by Crippen LogP contribution is -2.38. The molecule has 0 fully saturated rings. The Morgan fingerprint density at radius 3 is 2.24 bits per heavy atom. The molecule has 0 bridgehead atoms. The Balaban J connectivity index is 2.60. The van der Waals surface area contributed by atoms with Crippen LogP contribution in [0.5, 0.6) is 5.75 Å². The number of benzene rings is 1. The minimum atomic E-state index is -3.31. The fourth-order valence-electron chi connectivity index (χ4n) is 3.10. The quantitative estimate of drug-likeness (QED) is 0.310. The number of halogens is 4. The molecule has 1 heterocycles. The fourth-order valence-corrected chi connectivity index (χ4v) is 3.10. The molecule has 0 aliphatic carbocycles. The number of ether oxygens (including phenoxy) is 4. The van der Waals surface area contributed by atoms with Gasteiger partial charge in [-0.1, -0.05) is 6.07 Å². The summed E-state index contributed by atoms with van der Waals surface area (Å²) in [6, 6.07) is -0.328. The molecule has 186 valence electrons. The number of pyridine rings is 1. The van der Waals surface area contributed by atoms with Crippen LogP contribution in [-0.2, 0) is 20.8 Å². The van der Waals surface area contributed by atoms with Crippen LogP contribution in [0.15, 0.2) is 29.2 Å². The van der Waals surface area contributed by atoms with Gasteiger partial charge in [-0.05, 0) is 6.07 Å². The van der Waals surface area contributed by atoms with Gasteiger partial charge in [0.1, 0.15) is 23.2 Å². The molecule has 1 amide bonds. The number of carbonyl (C=O) groups is 2. The molecule has 2 rings (SSSR count). The largest absolute Gasteiger partial charge is 0.491 e. The van der Waals surface area contributed by atoms with Gasteiger partial charge in [-0.3, -0.25) is 9.59 Å². The van der Waals surface area contributed by atoms with E-state index in [1.165, 1.54) is 14.2 Å². The molecule has 9 nitrogen and oxygen atoms in total. The summed E-state index contributed by atoms with van der Waals surface area (Å²) in [6.07, 6.45) is -3.36. The number of nitrogens with zero attached hydrogens (tertiary/aromatic N) is 1. The number of hydrogen-bond acceptors (Lipinski definition) is 7. The summed E-state index contributed by atoms with van der Waals surface area (Å²) in [6.45, 7) is -0.237. The molecule has 0 aliphatic rings. The van der Waals surface area contributed by atoms with Crippen molar-refractivity contribution in [2.24, 2.45) is 0 Å². The number of amides is 1. The molecule has 0 unspecified atom stereocenters. The highest BCUT2D eigenvalue weighted by molar-refractivity contribution is 5.97. The highest BCUT2D eigenvalue weighted by Crippen LogP contribution is 2.25. The van der Waals surface area contributed by atoms with E-state index in [1.807, 2.05) is 5.32 Å². The second-order valence-electron chi connectivity index (χ2n) is 6.75. The Labute approximate surface area is 191 Å². The van der Waals surface area contributed by atoms with E-state index in [-0.39, 0.29) is 12.2 Å². The maximum Gasteiger partial charge on any atom is 0.358 e. The predicted octanol–water partition coefficient (Wildman–Crippen LogP) is 2.28. The van der Waals surface area contributed by atoms with Crippen LogP contribution in [0.3, 0.4) is 0 Å². The van der Waals surface area contributed by atoms with Crippen LogP contribution in [0.1, 0.15) is 32.5 Å². The summed E-state index contributed by atoms with van der Waals surface area (Å²) in [5.41, 5.74) is -2.90. The van der Waals surface area contributed by atoms with Crippen LogP contribution in [0.25, 0.3) is 0 Å². The topological polar surface area (TPSA) is 105 Å². The highest BCUT2D eigenvalue weighted by atomic mass is 19.3. The number of aromatic nitrogens is 1. The number of rotatable bonds is 10. The van der Waals surface area contributed by atoms with Gasteiger partial charge in [-0.2, -0.15) is 0 Å². The van der Waals surface area contributed by atoms with Gasteiger partial charge >= 0.3 is 5.97 Å². The van der Waals surface area contributed by atoms with Gasteiger partial charge in [-0.15, -0.1) is 0 Å². The Hall–Kier alpha value is -3.45. The van der Waals surface area contributed by atoms with E-state index in [2.05, 4.69) is 4.74 Å². The van der Waals surface area contributed by atoms with Crippen LogP contribution in [-0.4, -0.2) is 57.6 Å². The zero-order valence-corrected chi connectivity index (χ0v) is 18.6. The van der Waals surface area contributed by atoms with Gasteiger partial charge in [-0.25, -0.2) is 22.4 Å². The third-order valence-electron chi connectivity index (χ3n) is 4.77. The number of carbonyl (C=O) groups excluding carboxylic acids is 2. The zero-order chi connectivity index (χ0) is 25.6. The summed E-state index contributed by atoms with van der Waals surface area (Å²) in [7, 11) is 4.69. The molecule has 1 aromatic heterocycles. The van der Waals surface area contributed by atoms with E-state index < -0.39 is 64.6 Å². The fraction of sp³-hybridized carbons (Fsp3) is 0.381. The number of hydrogen-bond donors (Lipinski definition) is 1. The lowest BCUT2D eigenvalue weighted by atomic mass is 10.1. The molecule has 13 heteroatoms. The van der Waals surface area contributed by atoms with Crippen molar-refractivity contribution >= 4 is 11.9 Å². The molecule has 1 N–H and O–H groups in total. The van der Waals surface area contributed by atoms with Gasteiger partial charge < -0.3 is 28.8 Å². The van der Waals surface area contributed by atoms with Crippen molar-refractivity contribution in [3.63, 3.8) is 0 Å². The Morgan fingerprint density at radius 2 is 1.74 bits per heavy atom. The lowest BCUT2D eigenvalue weighted by molar-refractivity contribution is -0.111. The number of esters is 1. The van der Waals surface area contributed by atoms with Crippen molar-refractivity contribution < 1.29 is 46.1 Å². The third-order valence-corrected chi connectivity index (χ3v) is 4.77. The van der Waals surface area contributed by atoms with E-state index in [9.17, 15) is 31.9 Å². The van der Waals surface area contributed by atoms with E-state index >= 15 is 0 Å². The second-order valence-corrected chi connectivity index (χ2v) is 6.75. The second kappa shape index (κ2) is 11.6. The lowest BCUT2D eigenvalue weighted by Gasteiger charge is -2.22. The Morgan fingerprint density at radius 1 is 1.09 bits per heavy atom. The van der Waals surface area contributed by atoms with Crippen LogP contribution in [0.2, 0.25) is 0 Å². The van der Waals surface area contributed by atoms with Crippen molar-refractivity contribution in [1.82, 2.24) is 9.88 Å². The van der Waals surface area contributed by atoms with Crippen molar-refractivity contribution in [1.29, 1.82) is 0 Å². The van der Waals surface area contributed by atoms with Crippen LogP contribution in [0.4, 0.5) is 17.6 Å². The van der Waals surface area contributed by atoms with E-state index in [0.29, 0.717) is 6.07 Å². The molecule has 34 heavy (non-hydrogen) atoms. The van der Waals surface area contributed by atoms with Crippen molar-refractivity contribution in [2.45, 2.75) is 25.3 Å². The molecule has 1 atom stereocenters. The Kier molecular flexibility index (Phi) is 9.15. The van der Waals surface area contributed by atoms with Gasteiger partial charge in [0.05, 0.1) is 20.8 Å². The molecular formula is C21H22F4N2O7. The van der Waals surface area contributed by atoms with Gasteiger partial charge in [0.25, 0.3) is 12.3 Å². The maximum atomic E-state index is 14.1. The number of methoxy groups -OCH3 is 4. The third kappa shape index (κ3) is 5.72. The van der Waals surface area contributed by atoms with E-state index in [0.717, 1.165) is 37.1 Å². The van der Waals surface area contributed by atoms with Crippen molar-refractivity contribution in [3.8, 4) is 5.75 Å². The summed E-state index contributed by atoms with van der Waals surface area (Å²) in [5.74, 6) is -5.24. The predicted molar refractivity (Wildman–Crippen MR) is 109 cm³/mol. The molecule has 0 saturated carbocycles. The molecule has 0 radical (unpaired) electrons. The maximum absolute atomic E-state index is 14.1. The van der Waals surface area contributed by atoms with Gasteiger partial charge in [0.2, 0.25) is 5.43 Å². The number of nitrogens with one attached hydrogen (secondary N) is 1. The first-order chi connectivity index (χ1) is 16.1. The first-order valence-electron chi connectivity index (χ1n) is 9.58. The highest BCUT2D eigenvalue weighted by Gasteiger charge is 2.31. The van der Waals surface area contributed by atoms with Gasteiger partial charge in [0.15, 0.2) is 17.7 Å². The Bertz CT molecular complexity index is 1100. The summed E-state index contributed by atoms with van der Waals surface area (Å²) in [4.78, 5) is 38.0. The molecule has 1 aromatic carbocycles. The SMILES string of the molecule is COC(=O)c1c(OC)c(=O)c(C(=O)N[C@@H](c2ccc(F)cc2F)C(F)F)cn1CC(OC)OC.